The molecule has 0 unspecified atom stereocenters. The van der Waals surface area contributed by atoms with E-state index in [2.05, 4.69) is 35.3 Å². The number of rotatable bonds is 5. The predicted molar refractivity (Wildman–Crippen MR) is 117 cm³/mol. The number of aromatic nitrogens is 2. The molecule has 1 atom stereocenters. The number of anilines is 1. The van der Waals surface area contributed by atoms with Gasteiger partial charge in [0.15, 0.2) is 0 Å². The van der Waals surface area contributed by atoms with Crippen LogP contribution in [0.15, 0.2) is 18.2 Å². The summed E-state index contributed by atoms with van der Waals surface area (Å²) in [6.07, 6.45) is 1.83. The summed E-state index contributed by atoms with van der Waals surface area (Å²) in [7, 11) is 3.65. The van der Waals surface area contributed by atoms with Gasteiger partial charge in [-0.1, -0.05) is 12.1 Å². The molecule has 0 radical (unpaired) electrons. The summed E-state index contributed by atoms with van der Waals surface area (Å²) in [5.41, 5.74) is 4.72. The van der Waals surface area contributed by atoms with E-state index in [9.17, 15) is 4.79 Å². The molecule has 0 bridgehead atoms. The minimum Gasteiger partial charge on any atom is -0.496 e. The molecule has 0 spiro atoms. The Morgan fingerprint density at radius 2 is 2.13 bits per heavy atom. The molecule has 1 fully saturated rings. The molecule has 7 heteroatoms. The van der Waals surface area contributed by atoms with Gasteiger partial charge < -0.3 is 15.0 Å². The lowest BCUT2D eigenvalue weighted by atomic mass is 10.0. The predicted octanol–water partition coefficient (Wildman–Crippen LogP) is 2.73. The van der Waals surface area contributed by atoms with Gasteiger partial charge in [0.05, 0.1) is 12.8 Å². The summed E-state index contributed by atoms with van der Waals surface area (Å²) in [6, 6.07) is 6.38. The fourth-order valence-corrected chi connectivity index (χ4v) is 4.49. The number of amides is 1. The number of ether oxygens (including phenoxy) is 1. The molecule has 2 aliphatic rings. The van der Waals surface area contributed by atoms with Crippen LogP contribution in [0.2, 0.25) is 0 Å². The number of hydrogen-bond donors (Lipinski definition) is 1. The van der Waals surface area contributed by atoms with Crippen molar-refractivity contribution in [3.63, 3.8) is 0 Å². The van der Waals surface area contributed by atoms with Crippen LogP contribution in [0, 0.1) is 6.92 Å². The highest BCUT2D eigenvalue weighted by molar-refractivity contribution is 5.73. The van der Waals surface area contributed by atoms with E-state index < -0.39 is 0 Å². The van der Waals surface area contributed by atoms with Crippen LogP contribution in [-0.2, 0) is 24.3 Å². The van der Waals surface area contributed by atoms with Crippen molar-refractivity contribution in [1.29, 1.82) is 0 Å². The van der Waals surface area contributed by atoms with E-state index in [0.717, 1.165) is 68.7 Å². The molecule has 1 N–H and O–H groups in total. The number of methoxy groups -OCH3 is 1. The summed E-state index contributed by atoms with van der Waals surface area (Å²) < 4.78 is 5.59. The number of likely N-dealkylation sites (tertiary alicyclic amines) is 1. The van der Waals surface area contributed by atoms with Crippen LogP contribution in [-0.4, -0.2) is 59.5 Å². The number of aryl methyl sites for hydroxylation is 1. The number of hydrogen-bond acceptors (Lipinski definition) is 6. The summed E-state index contributed by atoms with van der Waals surface area (Å²) in [6.45, 7) is 7.83. The zero-order valence-electron chi connectivity index (χ0n) is 18.4. The Morgan fingerprint density at radius 1 is 1.30 bits per heavy atom. The third kappa shape index (κ3) is 4.12. The Balaban J connectivity index is 1.53. The molecule has 30 heavy (non-hydrogen) atoms. The summed E-state index contributed by atoms with van der Waals surface area (Å²) in [4.78, 5) is 25.8. The molecule has 160 valence electrons. The Kier molecular flexibility index (Phi) is 5.90. The topological polar surface area (TPSA) is 70.6 Å². The first-order valence-corrected chi connectivity index (χ1v) is 10.7. The lowest BCUT2D eigenvalue weighted by Crippen LogP contribution is -2.32. The van der Waals surface area contributed by atoms with Crippen LogP contribution in [0.5, 0.6) is 5.75 Å². The molecule has 1 aromatic carbocycles. The van der Waals surface area contributed by atoms with Crippen LogP contribution < -0.4 is 10.1 Å². The van der Waals surface area contributed by atoms with E-state index >= 15 is 0 Å². The van der Waals surface area contributed by atoms with Crippen molar-refractivity contribution >= 4 is 11.7 Å². The monoisotopic (exact) mass is 409 g/mol. The number of benzene rings is 1. The molecule has 7 nitrogen and oxygen atoms in total. The zero-order chi connectivity index (χ0) is 21.3. The maximum absolute atomic E-state index is 11.7. The number of carbonyl (C=O) groups excluding carboxylic acids is 1. The van der Waals surface area contributed by atoms with E-state index in [4.69, 9.17) is 14.7 Å². The lowest BCUT2D eigenvalue weighted by molar-refractivity contribution is -0.127. The van der Waals surface area contributed by atoms with Crippen molar-refractivity contribution in [3.8, 4) is 5.75 Å². The number of nitrogens with one attached hydrogen (secondary N) is 1. The van der Waals surface area contributed by atoms with Gasteiger partial charge in [0.25, 0.3) is 0 Å². The Bertz CT molecular complexity index is 928. The van der Waals surface area contributed by atoms with Gasteiger partial charge in [-0.15, -0.1) is 0 Å². The molecule has 0 aliphatic carbocycles. The maximum atomic E-state index is 11.7. The number of fused-ring (bicyclic) bond motifs is 1. The maximum Gasteiger partial charge on any atom is 0.219 e. The highest BCUT2D eigenvalue weighted by atomic mass is 16.5. The van der Waals surface area contributed by atoms with Crippen molar-refractivity contribution in [1.82, 2.24) is 19.8 Å². The molecular formula is C23H31N5O2. The second-order valence-electron chi connectivity index (χ2n) is 8.33. The lowest BCUT2D eigenvalue weighted by Gasteiger charge is -2.30. The SMILES string of the molecule is CNc1nc([C@@H]2CCN(C(C)=O)C2)nc2c1CN(Cc1ccc(C)cc1OC)CC2. The van der Waals surface area contributed by atoms with E-state index in [1.165, 1.54) is 16.7 Å². The highest BCUT2D eigenvalue weighted by Gasteiger charge is 2.30. The summed E-state index contributed by atoms with van der Waals surface area (Å²) >= 11 is 0. The van der Waals surface area contributed by atoms with Crippen LogP contribution in [0.25, 0.3) is 0 Å². The van der Waals surface area contributed by atoms with E-state index in [1.807, 2.05) is 11.9 Å². The summed E-state index contributed by atoms with van der Waals surface area (Å²) in [5, 5.41) is 3.28. The number of nitrogens with zero attached hydrogens (tertiary/aromatic N) is 4. The Hall–Kier alpha value is -2.67. The standard InChI is InChI=1S/C23H31N5O2/c1-15-5-6-17(21(11-15)30-4)12-27-9-8-20-19(14-27)23(24-3)26-22(25-20)18-7-10-28(13-18)16(2)29/h5-6,11,18H,7-10,12-14H2,1-4H3,(H,24,25,26)/t18-/m1/s1. The molecule has 2 aliphatic heterocycles. The van der Waals surface area contributed by atoms with Gasteiger partial charge in [0.1, 0.15) is 17.4 Å². The van der Waals surface area contributed by atoms with Crippen molar-refractivity contribution in [2.45, 2.75) is 45.7 Å². The van der Waals surface area contributed by atoms with Crippen LogP contribution in [0.1, 0.15) is 47.5 Å². The summed E-state index contributed by atoms with van der Waals surface area (Å²) in [5.74, 6) is 3.08. The third-order valence-corrected chi connectivity index (χ3v) is 6.23. The van der Waals surface area contributed by atoms with E-state index in [1.54, 1.807) is 14.0 Å². The Labute approximate surface area is 178 Å². The van der Waals surface area contributed by atoms with E-state index in [0.29, 0.717) is 0 Å². The van der Waals surface area contributed by atoms with Crippen LogP contribution in [0.3, 0.4) is 0 Å². The minimum atomic E-state index is 0.131. The normalized spacial score (nSPS) is 18.9. The first-order valence-electron chi connectivity index (χ1n) is 10.7. The quantitative estimate of drug-likeness (QED) is 0.819. The van der Waals surface area contributed by atoms with Crippen LogP contribution >= 0.6 is 0 Å². The van der Waals surface area contributed by atoms with Gasteiger partial charge in [-0.25, -0.2) is 9.97 Å². The Morgan fingerprint density at radius 3 is 2.83 bits per heavy atom. The van der Waals surface area contributed by atoms with Crippen molar-refractivity contribution in [2.75, 3.05) is 39.1 Å². The van der Waals surface area contributed by atoms with E-state index in [-0.39, 0.29) is 11.8 Å². The first kappa shape index (κ1) is 20.6. The van der Waals surface area contributed by atoms with Gasteiger partial charge >= 0.3 is 0 Å². The third-order valence-electron chi connectivity index (χ3n) is 6.23. The van der Waals surface area contributed by atoms with Crippen molar-refractivity contribution < 1.29 is 9.53 Å². The van der Waals surface area contributed by atoms with Crippen molar-refractivity contribution in [3.05, 3.63) is 46.4 Å². The molecule has 4 rings (SSSR count). The fraction of sp³-hybridized carbons (Fsp3) is 0.522. The first-order chi connectivity index (χ1) is 14.5. The van der Waals surface area contributed by atoms with Gasteiger partial charge in [-0.05, 0) is 25.0 Å². The molecule has 3 heterocycles. The molecular weight excluding hydrogens is 378 g/mol. The molecule has 1 amide bonds. The molecule has 1 saturated heterocycles. The average molecular weight is 410 g/mol. The largest absolute Gasteiger partial charge is 0.496 e. The second kappa shape index (κ2) is 8.60. The second-order valence-corrected chi connectivity index (χ2v) is 8.33. The number of carbonyl (C=O) groups is 1. The van der Waals surface area contributed by atoms with Gasteiger partial charge in [-0.2, -0.15) is 0 Å². The van der Waals surface area contributed by atoms with Crippen molar-refractivity contribution in [2.24, 2.45) is 0 Å². The smallest absolute Gasteiger partial charge is 0.219 e. The highest BCUT2D eigenvalue weighted by Crippen LogP contribution is 2.31. The fourth-order valence-electron chi connectivity index (χ4n) is 4.49. The van der Waals surface area contributed by atoms with Gasteiger partial charge in [0.2, 0.25) is 5.91 Å². The van der Waals surface area contributed by atoms with Gasteiger partial charge in [0, 0.05) is 70.2 Å². The van der Waals surface area contributed by atoms with Gasteiger partial charge in [-0.3, -0.25) is 9.69 Å². The molecule has 2 aromatic rings. The minimum absolute atomic E-state index is 0.131. The molecule has 1 aromatic heterocycles. The average Bonchev–Trinajstić information content (AvgIpc) is 3.25. The molecule has 0 saturated carbocycles. The zero-order valence-corrected chi connectivity index (χ0v) is 18.4. The van der Waals surface area contributed by atoms with Crippen LogP contribution in [0.4, 0.5) is 5.82 Å².